The summed E-state index contributed by atoms with van der Waals surface area (Å²) >= 11 is 0. The molecule has 198 valence electrons. The van der Waals surface area contributed by atoms with Crippen LogP contribution in [0, 0.1) is 17.8 Å². The van der Waals surface area contributed by atoms with Gasteiger partial charge in [-0.15, -0.1) is 0 Å². The maximum Gasteiger partial charge on any atom is 0.415 e. The Balaban J connectivity index is 2.30. The van der Waals surface area contributed by atoms with Gasteiger partial charge in [0.25, 0.3) is 0 Å². The van der Waals surface area contributed by atoms with Crippen molar-refractivity contribution in [2.75, 3.05) is 20.6 Å². The first-order valence-corrected chi connectivity index (χ1v) is 12.8. The summed E-state index contributed by atoms with van der Waals surface area (Å²) in [7, 11) is 4.56. The summed E-state index contributed by atoms with van der Waals surface area (Å²) < 4.78 is 46.4. The van der Waals surface area contributed by atoms with Crippen molar-refractivity contribution in [1.82, 2.24) is 10.6 Å². The van der Waals surface area contributed by atoms with Crippen LogP contribution in [0.4, 0.5) is 13.2 Å². The minimum atomic E-state index is -4.59. The van der Waals surface area contributed by atoms with Crippen LogP contribution in [-0.4, -0.2) is 73.0 Å². The molecule has 0 spiro atoms. The highest BCUT2D eigenvalue weighted by molar-refractivity contribution is 5.98. The molecule has 0 aromatic carbocycles. The number of alkyl halides is 3. The number of rotatable bonds is 6. The predicted octanol–water partition coefficient (Wildman–Crippen LogP) is 4.49. The number of quaternary nitrogens is 1. The number of amides is 1. The number of carbonyl (C=O) groups is 1. The number of carbonyl (C=O) groups excluding carboxylic acids is 1. The van der Waals surface area contributed by atoms with Crippen molar-refractivity contribution in [3.8, 4) is 0 Å². The minimum Gasteiger partial charge on any atom is -0.365 e. The van der Waals surface area contributed by atoms with Crippen LogP contribution >= 0.6 is 0 Å². The first-order chi connectivity index (χ1) is 15.6. The number of halogens is 3. The summed E-state index contributed by atoms with van der Waals surface area (Å²) in [6.07, 6.45) is -4.44. The summed E-state index contributed by atoms with van der Waals surface area (Å²) in [5.41, 5.74) is 0.00730. The lowest BCUT2D eigenvalue weighted by molar-refractivity contribution is -0.971. The van der Waals surface area contributed by atoms with E-state index in [9.17, 15) is 18.0 Å². The normalized spacial score (nSPS) is 36.6. The molecule has 0 bridgehead atoms. The maximum absolute atomic E-state index is 13.5. The summed E-state index contributed by atoms with van der Waals surface area (Å²) in [5, 5.41) is 6.20. The molecule has 7 atom stereocenters. The zero-order valence-electron chi connectivity index (χ0n) is 22.4. The van der Waals surface area contributed by atoms with Crippen LogP contribution in [0.25, 0.3) is 0 Å². The van der Waals surface area contributed by atoms with Crippen LogP contribution in [0.1, 0.15) is 74.1 Å². The van der Waals surface area contributed by atoms with Gasteiger partial charge >= 0.3 is 6.18 Å². The van der Waals surface area contributed by atoms with Gasteiger partial charge in [-0.3, -0.25) is 15.1 Å². The molecule has 0 aliphatic carbocycles. The average Bonchev–Trinajstić information content (AvgIpc) is 3.13. The third-order valence-electron chi connectivity index (χ3n) is 8.62. The highest BCUT2D eigenvalue weighted by Gasteiger charge is 2.56. The first-order valence-electron chi connectivity index (χ1n) is 12.8. The quantitative estimate of drug-likeness (QED) is 0.327. The second kappa shape index (κ2) is 10.7. The first kappa shape index (κ1) is 28.9. The monoisotopic (exact) mass is 491 g/mol. The van der Waals surface area contributed by atoms with E-state index in [1.54, 1.807) is 6.92 Å². The minimum absolute atomic E-state index is 0.00730. The molecule has 7 unspecified atom stereocenters. The van der Waals surface area contributed by atoms with E-state index in [0.717, 1.165) is 23.7 Å². The summed E-state index contributed by atoms with van der Waals surface area (Å²) in [4.78, 5) is 17.6. The molecule has 9 heteroatoms. The topological polar surface area (TPSA) is 62.7 Å². The Labute approximate surface area is 203 Å². The van der Waals surface area contributed by atoms with Crippen molar-refractivity contribution in [2.24, 2.45) is 22.7 Å². The van der Waals surface area contributed by atoms with Crippen molar-refractivity contribution in [1.29, 1.82) is 0 Å². The number of nitrogens with one attached hydrogen (secondary N) is 2. The molecule has 0 saturated carbocycles. The fraction of sp³-hybridized carbons (Fsp3) is 0.920. The standard InChI is InChI=1S/C25H45F3N4O2/c1-10-19-20(12-16(5)32(8,9)24(19,7)11-2)30-23(29-14-15(3)4)31-22(33)18-13-17(6)34-21(18)25(26,27)28/h15-21H,10-14H2,1-9H3,(H-,29,30,31,33)/p+1. The maximum atomic E-state index is 13.5. The Morgan fingerprint density at radius 2 is 1.82 bits per heavy atom. The third kappa shape index (κ3) is 5.89. The van der Waals surface area contributed by atoms with E-state index >= 15 is 0 Å². The SMILES string of the molecule is CCC1C(NC(=NCC(C)C)NC(=O)C2CC(C)OC2C(F)(F)F)CC(C)[N+](C)(C)C1(C)CC. The Morgan fingerprint density at radius 1 is 1.21 bits per heavy atom. The van der Waals surface area contributed by atoms with E-state index in [0.29, 0.717) is 18.5 Å². The second-order valence-electron chi connectivity index (χ2n) is 11.4. The number of piperidine rings is 1. The van der Waals surface area contributed by atoms with E-state index < -0.39 is 30.2 Å². The Morgan fingerprint density at radius 3 is 2.32 bits per heavy atom. The summed E-state index contributed by atoms with van der Waals surface area (Å²) in [5.74, 6) is -1.14. The molecule has 0 aromatic heterocycles. The molecule has 0 radical (unpaired) electrons. The largest absolute Gasteiger partial charge is 0.415 e. The van der Waals surface area contributed by atoms with Crippen molar-refractivity contribution < 1.29 is 27.2 Å². The fourth-order valence-corrected chi connectivity index (χ4v) is 5.92. The predicted molar refractivity (Wildman–Crippen MR) is 129 cm³/mol. The van der Waals surface area contributed by atoms with Gasteiger partial charge in [-0.2, -0.15) is 13.2 Å². The molecule has 2 saturated heterocycles. The van der Waals surface area contributed by atoms with Crippen LogP contribution in [0.3, 0.4) is 0 Å². The lowest BCUT2D eigenvalue weighted by Crippen LogP contribution is -2.73. The van der Waals surface area contributed by atoms with Crippen LogP contribution in [0.15, 0.2) is 4.99 Å². The van der Waals surface area contributed by atoms with Gasteiger partial charge in [0, 0.05) is 24.9 Å². The molecule has 2 fully saturated rings. The van der Waals surface area contributed by atoms with Crippen LogP contribution in [-0.2, 0) is 9.53 Å². The van der Waals surface area contributed by atoms with Crippen LogP contribution in [0.2, 0.25) is 0 Å². The molecule has 2 rings (SSSR count). The Hall–Kier alpha value is -1.35. The van der Waals surface area contributed by atoms with Gasteiger partial charge in [0.15, 0.2) is 12.1 Å². The van der Waals surface area contributed by atoms with Gasteiger partial charge in [0.05, 0.1) is 32.2 Å². The Bertz CT molecular complexity index is 740. The van der Waals surface area contributed by atoms with Gasteiger partial charge in [-0.1, -0.05) is 27.7 Å². The third-order valence-corrected chi connectivity index (χ3v) is 8.62. The summed E-state index contributed by atoms with van der Waals surface area (Å²) in [6, 6.07) is 0.422. The highest BCUT2D eigenvalue weighted by Crippen LogP contribution is 2.44. The van der Waals surface area contributed by atoms with Gasteiger partial charge in [-0.25, -0.2) is 0 Å². The number of guanidine groups is 1. The van der Waals surface area contributed by atoms with Crippen LogP contribution in [0.5, 0.6) is 0 Å². The van der Waals surface area contributed by atoms with Crippen molar-refractivity contribution in [3.63, 3.8) is 0 Å². The van der Waals surface area contributed by atoms with E-state index in [1.807, 2.05) is 13.8 Å². The number of likely N-dealkylation sites (tertiary alicyclic amines) is 1. The second-order valence-corrected chi connectivity index (χ2v) is 11.4. The molecule has 2 N–H and O–H groups in total. The van der Waals surface area contributed by atoms with Crippen molar-refractivity contribution in [3.05, 3.63) is 0 Å². The molecule has 34 heavy (non-hydrogen) atoms. The van der Waals surface area contributed by atoms with E-state index in [1.165, 1.54) is 0 Å². The van der Waals surface area contributed by atoms with Crippen molar-refractivity contribution >= 4 is 11.9 Å². The van der Waals surface area contributed by atoms with E-state index in [-0.39, 0.29) is 29.9 Å². The average molecular weight is 492 g/mol. The Kier molecular flexibility index (Phi) is 9.11. The number of hydrogen-bond acceptors (Lipinski definition) is 3. The molecule has 1 amide bonds. The molecule has 2 aliphatic heterocycles. The molecule has 0 aromatic rings. The lowest BCUT2D eigenvalue weighted by atomic mass is 9.68. The van der Waals surface area contributed by atoms with Crippen molar-refractivity contribution in [2.45, 2.75) is 110 Å². The number of aliphatic imine (C=N–C) groups is 1. The summed E-state index contributed by atoms with van der Waals surface area (Å²) in [6.45, 7) is 15.0. The fourth-order valence-electron chi connectivity index (χ4n) is 5.92. The lowest BCUT2D eigenvalue weighted by Gasteiger charge is -2.59. The smallest absolute Gasteiger partial charge is 0.365 e. The number of nitrogens with zero attached hydrogens (tertiary/aromatic N) is 2. The van der Waals surface area contributed by atoms with Gasteiger partial charge in [0.2, 0.25) is 5.91 Å². The zero-order valence-corrected chi connectivity index (χ0v) is 22.4. The van der Waals surface area contributed by atoms with E-state index in [4.69, 9.17) is 4.74 Å². The molecular weight excluding hydrogens is 445 g/mol. The number of hydrogen-bond donors (Lipinski definition) is 2. The number of ether oxygens (including phenoxy) is 1. The van der Waals surface area contributed by atoms with Gasteiger partial charge in [0.1, 0.15) is 5.54 Å². The molecule has 6 nitrogen and oxygen atoms in total. The molecular formula is C25H46F3N4O2+. The molecule has 2 heterocycles. The van der Waals surface area contributed by atoms with Gasteiger partial charge in [-0.05, 0) is 46.0 Å². The highest BCUT2D eigenvalue weighted by atomic mass is 19.4. The zero-order chi connectivity index (χ0) is 26.1. The van der Waals surface area contributed by atoms with Gasteiger partial charge < -0.3 is 14.5 Å². The molecule has 2 aliphatic rings. The van der Waals surface area contributed by atoms with E-state index in [2.05, 4.69) is 57.4 Å². The van der Waals surface area contributed by atoms with Crippen LogP contribution < -0.4 is 10.6 Å².